The molecule has 0 aromatic carbocycles. The number of carbonyl (C=O) groups is 1. The van der Waals surface area contributed by atoms with Crippen molar-refractivity contribution >= 4 is 17.5 Å². The summed E-state index contributed by atoms with van der Waals surface area (Å²) in [4.78, 5) is 37.8. The lowest BCUT2D eigenvalue weighted by Gasteiger charge is -2.24. The van der Waals surface area contributed by atoms with Gasteiger partial charge in [0, 0.05) is 63.9 Å². The van der Waals surface area contributed by atoms with E-state index in [1.54, 1.807) is 6.20 Å². The Balaban J connectivity index is 1.33. The molecule has 0 spiro atoms. The van der Waals surface area contributed by atoms with E-state index >= 15 is 0 Å². The molecule has 9 heteroatoms. The number of oxazole rings is 1. The second kappa shape index (κ2) is 8.13. The highest BCUT2D eigenvalue weighted by atomic mass is 16.4. The molecule has 0 aliphatic carbocycles. The normalized spacial score (nSPS) is 19.8. The third-order valence-corrected chi connectivity index (χ3v) is 6.46. The zero-order chi connectivity index (χ0) is 23.3. The van der Waals surface area contributed by atoms with Crippen LogP contribution in [-0.4, -0.2) is 71.0 Å². The van der Waals surface area contributed by atoms with Gasteiger partial charge in [0.2, 0.25) is 5.89 Å². The van der Waals surface area contributed by atoms with Crippen LogP contribution in [-0.2, 0) is 0 Å². The number of amides is 1. The van der Waals surface area contributed by atoms with Gasteiger partial charge in [-0.15, -0.1) is 0 Å². The molecule has 2 aliphatic rings. The van der Waals surface area contributed by atoms with Crippen LogP contribution >= 0.6 is 0 Å². The summed E-state index contributed by atoms with van der Waals surface area (Å²) >= 11 is 0. The maximum atomic E-state index is 13.5. The average molecular weight is 448 g/mol. The molecule has 2 fully saturated rings. The fourth-order valence-corrected chi connectivity index (χ4v) is 4.80. The lowest BCUT2D eigenvalue weighted by molar-refractivity contribution is 0.0777. The third-order valence-electron chi connectivity index (χ3n) is 6.46. The highest BCUT2D eigenvalue weighted by molar-refractivity contribution is 5.98. The second-order valence-corrected chi connectivity index (χ2v) is 9.29. The maximum Gasteiger partial charge on any atom is 0.273 e. The Morgan fingerprint density at radius 2 is 1.76 bits per heavy atom. The van der Waals surface area contributed by atoms with E-state index in [1.807, 2.05) is 62.9 Å². The van der Waals surface area contributed by atoms with Gasteiger partial charge < -0.3 is 19.1 Å². The standard InChI is InChI=1S/C24H29N7O2/c1-14-6-7-19(23-25-9-15(2)33-23)22(26-14)24(32)31-12-17-10-30(11-18(17)13-31)21-8-20(29(4)5)27-16(3)28-21/h6-9,17-18H,10-13H2,1-5H3. The van der Waals surface area contributed by atoms with Gasteiger partial charge in [0.25, 0.3) is 5.91 Å². The summed E-state index contributed by atoms with van der Waals surface area (Å²) in [7, 11) is 3.97. The average Bonchev–Trinajstić information content (AvgIpc) is 3.47. The first-order valence-corrected chi connectivity index (χ1v) is 11.3. The van der Waals surface area contributed by atoms with Crippen LogP contribution < -0.4 is 9.80 Å². The highest BCUT2D eigenvalue weighted by Crippen LogP contribution is 2.35. The maximum absolute atomic E-state index is 13.5. The van der Waals surface area contributed by atoms with Gasteiger partial charge in [0.05, 0.1) is 11.8 Å². The molecule has 2 aliphatic heterocycles. The minimum absolute atomic E-state index is 0.0572. The van der Waals surface area contributed by atoms with Crippen LogP contribution in [0, 0.1) is 32.6 Å². The van der Waals surface area contributed by atoms with E-state index in [2.05, 4.69) is 24.8 Å². The fraction of sp³-hybridized carbons (Fsp3) is 0.458. The van der Waals surface area contributed by atoms with Crippen molar-refractivity contribution in [1.82, 2.24) is 24.8 Å². The molecule has 2 saturated heterocycles. The van der Waals surface area contributed by atoms with E-state index in [-0.39, 0.29) is 5.91 Å². The van der Waals surface area contributed by atoms with Crippen LogP contribution in [0.1, 0.15) is 27.8 Å². The summed E-state index contributed by atoms with van der Waals surface area (Å²) in [5.41, 5.74) is 1.85. The van der Waals surface area contributed by atoms with Crippen molar-refractivity contribution in [3.8, 4) is 11.5 Å². The lowest BCUT2D eigenvalue weighted by atomic mass is 10.0. The number of aromatic nitrogens is 4. The highest BCUT2D eigenvalue weighted by Gasteiger charge is 2.43. The van der Waals surface area contributed by atoms with Crippen molar-refractivity contribution in [3.05, 3.63) is 47.4 Å². The Labute approximate surface area is 193 Å². The number of carbonyl (C=O) groups excluding carboxylic acids is 1. The van der Waals surface area contributed by atoms with E-state index in [1.165, 1.54) is 0 Å². The number of pyridine rings is 1. The second-order valence-electron chi connectivity index (χ2n) is 9.29. The van der Waals surface area contributed by atoms with Crippen molar-refractivity contribution in [1.29, 1.82) is 0 Å². The molecular formula is C24H29N7O2. The van der Waals surface area contributed by atoms with Crippen LogP contribution in [0.15, 0.2) is 28.8 Å². The molecular weight excluding hydrogens is 418 g/mol. The first-order valence-electron chi connectivity index (χ1n) is 11.3. The zero-order valence-corrected chi connectivity index (χ0v) is 19.7. The number of hydrogen-bond donors (Lipinski definition) is 0. The summed E-state index contributed by atoms with van der Waals surface area (Å²) in [6, 6.07) is 5.80. The van der Waals surface area contributed by atoms with Crippen molar-refractivity contribution in [2.45, 2.75) is 20.8 Å². The van der Waals surface area contributed by atoms with Crippen molar-refractivity contribution in [2.75, 3.05) is 50.1 Å². The number of hydrogen-bond acceptors (Lipinski definition) is 8. The first-order chi connectivity index (χ1) is 15.8. The Morgan fingerprint density at radius 1 is 1.03 bits per heavy atom. The molecule has 5 heterocycles. The Morgan fingerprint density at radius 3 is 2.39 bits per heavy atom. The molecule has 0 N–H and O–H groups in total. The van der Waals surface area contributed by atoms with Crippen LogP contribution in [0.25, 0.3) is 11.5 Å². The predicted octanol–water partition coefficient (Wildman–Crippen LogP) is 2.73. The predicted molar refractivity (Wildman–Crippen MR) is 125 cm³/mol. The summed E-state index contributed by atoms with van der Waals surface area (Å²) in [6.45, 7) is 8.84. The molecule has 9 nitrogen and oxygen atoms in total. The monoisotopic (exact) mass is 447 g/mol. The van der Waals surface area contributed by atoms with Gasteiger partial charge in [-0.1, -0.05) is 0 Å². The van der Waals surface area contributed by atoms with Crippen LogP contribution in [0.5, 0.6) is 0 Å². The smallest absolute Gasteiger partial charge is 0.273 e. The Bertz CT molecular complexity index is 1190. The van der Waals surface area contributed by atoms with Crippen molar-refractivity contribution < 1.29 is 9.21 Å². The number of rotatable bonds is 4. The van der Waals surface area contributed by atoms with Crippen molar-refractivity contribution in [3.63, 3.8) is 0 Å². The molecule has 2 atom stereocenters. The van der Waals surface area contributed by atoms with Crippen LogP contribution in [0.4, 0.5) is 11.6 Å². The first kappa shape index (κ1) is 21.4. The van der Waals surface area contributed by atoms with Crippen molar-refractivity contribution in [2.24, 2.45) is 11.8 Å². The Hall–Kier alpha value is -3.49. The zero-order valence-electron chi connectivity index (χ0n) is 19.7. The van der Waals surface area contributed by atoms with Crippen LogP contribution in [0.2, 0.25) is 0 Å². The number of likely N-dealkylation sites (tertiary alicyclic amines) is 1. The minimum atomic E-state index is -0.0572. The topological polar surface area (TPSA) is 91.5 Å². The molecule has 0 bridgehead atoms. The van der Waals surface area contributed by atoms with Gasteiger partial charge in [-0.2, -0.15) is 0 Å². The minimum Gasteiger partial charge on any atom is -0.441 e. The lowest BCUT2D eigenvalue weighted by Crippen LogP contribution is -2.34. The van der Waals surface area contributed by atoms with Crippen LogP contribution in [0.3, 0.4) is 0 Å². The summed E-state index contributed by atoms with van der Waals surface area (Å²) in [5.74, 6) is 4.53. The molecule has 3 aromatic heterocycles. The van der Waals surface area contributed by atoms with Gasteiger partial charge >= 0.3 is 0 Å². The van der Waals surface area contributed by atoms with Gasteiger partial charge in [-0.05, 0) is 32.9 Å². The number of aryl methyl sites for hydroxylation is 3. The molecule has 172 valence electrons. The van der Waals surface area contributed by atoms with E-state index in [4.69, 9.17) is 4.42 Å². The molecule has 5 rings (SSSR count). The summed E-state index contributed by atoms with van der Waals surface area (Å²) in [5, 5.41) is 0. The van der Waals surface area contributed by atoms with E-state index in [0.717, 1.165) is 36.2 Å². The molecule has 3 aromatic rings. The fourth-order valence-electron chi connectivity index (χ4n) is 4.80. The summed E-state index contributed by atoms with van der Waals surface area (Å²) < 4.78 is 5.69. The Kier molecular flexibility index (Phi) is 5.26. The van der Waals surface area contributed by atoms with Gasteiger partial charge in [-0.3, -0.25) is 4.79 Å². The van der Waals surface area contributed by atoms with E-state index in [9.17, 15) is 4.79 Å². The van der Waals surface area contributed by atoms with E-state index < -0.39 is 0 Å². The molecule has 0 radical (unpaired) electrons. The molecule has 2 unspecified atom stereocenters. The number of fused-ring (bicyclic) bond motifs is 1. The quantitative estimate of drug-likeness (QED) is 0.603. The molecule has 33 heavy (non-hydrogen) atoms. The molecule has 1 amide bonds. The van der Waals surface area contributed by atoms with E-state index in [0.29, 0.717) is 47.8 Å². The number of nitrogens with zero attached hydrogens (tertiary/aromatic N) is 7. The van der Waals surface area contributed by atoms with Gasteiger partial charge in [0.1, 0.15) is 28.9 Å². The third kappa shape index (κ3) is 4.03. The SMILES string of the molecule is Cc1ccc(-c2ncc(C)o2)c(C(=O)N2CC3CN(c4cc(N(C)C)nc(C)n4)CC3C2)n1. The number of anilines is 2. The van der Waals surface area contributed by atoms with Gasteiger partial charge in [0.15, 0.2) is 0 Å². The molecule has 0 saturated carbocycles. The largest absolute Gasteiger partial charge is 0.441 e. The van der Waals surface area contributed by atoms with Gasteiger partial charge in [-0.25, -0.2) is 19.9 Å². The summed E-state index contributed by atoms with van der Waals surface area (Å²) in [6.07, 6.45) is 1.66.